The maximum Gasteiger partial charge on any atom is 0.257 e. The molecule has 1 heterocycles. The molecule has 1 N–H and O–H groups in total. The lowest BCUT2D eigenvalue weighted by atomic mass is 10.1. The Balaban J connectivity index is 1.67. The van der Waals surface area contributed by atoms with Gasteiger partial charge < -0.3 is 0 Å². The molecule has 2 aromatic carbocycles. The smallest absolute Gasteiger partial charge is 0.257 e. The molecule has 5 nitrogen and oxygen atoms in total. The fourth-order valence-corrected chi connectivity index (χ4v) is 3.55. The third-order valence-corrected chi connectivity index (χ3v) is 5.12. The lowest BCUT2D eigenvalue weighted by Crippen LogP contribution is -2.11. The van der Waals surface area contributed by atoms with Crippen molar-refractivity contribution >= 4 is 28.2 Å². The number of nitriles is 1. The SMILES string of the molecule is Cc1nc(NC(=O)c2cccc(C#N)c2)sc1C(=O)CCc1ccccc1. The predicted octanol–water partition coefficient (Wildman–Crippen LogP) is 4.39. The summed E-state index contributed by atoms with van der Waals surface area (Å²) in [6, 6.07) is 18.3. The normalized spacial score (nSPS) is 10.2. The Morgan fingerprint density at radius 3 is 2.67 bits per heavy atom. The summed E-state index contributed by atoms with van der Waals surface area (Å²) in [6.45, 7) is 1.76. The lowest BCUT2D eigenvalue weighted by molar-refractivity contribution is 0.0984. The minimum absolute atomic E-state index is 0.0147. The monoisotopic (exact) mass is 375 g/mol. The highest BCUT2D eigenvalue weighted by Crippen LogP contribution is 2.25. The number of nitrogens with one attached hydrogen (secondary N) is 1. The van der Waals surface area contributed by atoms with Crippen molar-refractivity contribution in [2.45, 2.75) is 19.8 Å². The van der Waals surface area contributed by atoms with Crippen LogP contribution in [-0.4, -0.2) is 16.7 Å². The number of aromatic nitrogens is 1. The highest BCUT2D eigenvalue weighted by Gasteiger charge is 2.17. The zero-order chi connectivity index (χ0) is 19.2. The van der Waals surface area contributed by atoms with Gasteiger partial charge in [-0.15, -0.1) is 0 Å². The second kappa shape index (κ2) is 8.39. The molecule has 0 aliphatic rings. The van der Waals surface area contributed by atoms with E-state index in [4.69, 9.17) is 5.26 Å². The van der Waals surface area contributed by atoms with E-state index in [-0.39, 0.29) is 11.7 Å². The number of nitrogens with zero attached hydrogens (tertiary/aromatic N) is 2. The number of thiazole rings is 1. The molecule has 0 aliphatic carbocycles. The summed E-state index contributed by atoms with van der Waals surface area (Å²) in [5, 5.41) is 12.0. The van der Waals surface area contributed by atoms with Gasteiger partial charge in [-0.05, 0) is 37.1 Å². The number of benzene rings is 2. The van der Waals surface area contributed by atoms with Gasteiger partial charge in [-0.25, -0.2) is 4.98 Å². The highest BCUT2D eigenvalue weighted by molar-refractivity contribution is 7.17. The van der Waals surface area contributed by atoms with Crippen LogP contribution in [0.1, 0.15) is 43.3 Å². The van der Waals surface area contributed by atoms with E-state index in [0.29, 0.717) is 39.7 Å². The number of hydrogen-bond donors (Lipinski definition) is 1. The summed E-state index contributed by atoms with van der Waals surface area (Å²) in [5.41, 5.74) is 2.51. The fraction of sp³-hybridized carbons (Fsp3) is 0.143. The first-order chi connectivity index (χ1) is 13.1. The lowest BCUT2D eigenvalue weighted by Gasteiger charge is -2.01. The first-order valence-corrected chi connectivity index (χ1v) is 9.24. The Labute approximate surface area is 161 Å². The van der Waals surface area contributed by atoms with Gasteiger partial charge in [-0.2, -0.15) is 5.26 Å². The van der Waals surface area contributed by atoms with Gasteiger partial charge in [0.1, 0.15) is 0 Å². The molecule has 0 saturated heterocycles. The zero-order valence-corrected chi connectivity index (χ0v) is 15.5. The van der Waals surface area contributed by atoms with Crippen molar-refractivity contribution in [1.29, 1.82) is 5.26 Å². The van der Waals surface area contributed by atoms with Gasteiger partial charge in [-0.3, -0.25) is 14.9 Å². The maximum atomic E-state index is 12.5. The molecule has 0 unspecified atom stereocenters. The number of rotatable bonds is 6. The van der Waals surface area contributed by atoms with Gasteiger partial charge in [-0.1, -0.05) is 47.7 Å². The Morgan fingerprint density at radius 1 is 1.15 bits per heavy atom. The Kier molecular flexibility index (Phi) is 5.74. The molecular weight excluding hydrogens is 358 g/mol. The van der Waals surface area contributed by atoms with Crippen LogP contribution in [-0.2, 0) is 6.42 Å². The molecule has 0 aliphatic heterocycles. The first-order valence-electron chi connectivity index (χ1n) is 8.43. The predicted molar refractivity (Wildman–Crippen MR) is 105 cm³/mol. The molecular formula is C21H17N3O2S. The number of ketones is 1. The number of amides is 1. The van der Waals surface area contributed by atoms with E-state index in [0.717, 1.165) is 5.56 Å². The number of carbonyl (C=O) groups is 2. The summed E-state index contributed by atoms with van der Waals surface area (Å²) in [6.07, 6.45) is 1.06. The van der Waals surface area contributed by atoms with Crippen LogP contribution >= 0.6 is 11.3 Å². The Bertz CT molecular complexity index is 1020. The molecule has 0 atom stereocenters. The average molecular weight is 375 g/mol. The van der Waals surface area contributed by atoms with Crippen molar-refractivity contribution in [2.24, 2.45) is 0 Å². The number of aryl methyl sites for hydroxylation is 2. The van der Waals surface area contributed by atoms with Crippen molar-refractivity contribution in [3.63, 3.8) is 0 Å². The molecule has 0 radical (unpaired) electrons. The summed E-state index contributed by atoms with van der Waals surface area (Å²) in [4.78, 5) is 29.7. The summed E-state index contributed by atoms with van der Waals surface area (Å²) in [7, 11) is 0. The number of anilines is 1. The molecule has 1 aromatic heterocycles. The minimum atomic E-state index is -0.357. The van der Waals surface area contributed by atoms with E-state index in [1.54, 1.807) is 25.1 Å². The Morgan fingerprint density at radius 2 is 1.93 bits per heavy atom. The van der Waals surface area contributed by atoms with E-state index in [2.05, 4.69) is 10.3 Å². The van der Waals surface area contributed by atoms with Crippen LogP contribution in [0.2, 0.25) is 0 Å². The fourth-order valence-electron chi connectivity index (χ4n) is 2.62. The Hall–Kier alpha value is -3.30. The quantitative estimate of drug-likeness (QED) is 0.648. The molecule has 0 bridgehead atoms. The van der Waals surface area contributed by atoms with Gasteiger partial charge in [0.05, 0.1) is 22.2 Å². The van der Waals surface area contributed by atoms with Crippen LogP contribution in [0.15, 0.2) is 54.6 Å². The minimum Gasteiger partial charge on any atom is -0.298 e. The van der Waals surface area contributed by atoms with E-state index in [1.165, 1.54) is 17.4 Å². The molecule has 6 heteroatoms. The van der Waals surface area contributed by atoms with Crippen LogP contribution in [0.4, 0.5) is 5.13 Å². The standard InChI is InChI=1S/C21H17N3O2S/c1-14-19(18(25)11-10-15-6-3-2-4-7-15)27-21(23-14)24-20(26)17-9-5-8-16(12-17)13-22/h2-9,12H,10-11H2,1H3,(H,23,24,26). The highest BCUT2D eigenvalue weighted by atomic mass is 32.1. The van der Waals surface area contributed by atoms with Crippen LogP contribution in [0.3, 0.4) is 0 Å². The molecule has 27 heavy (non-hydrogen) atoms. The molecule has 0 spiro atoms. The van der Waals surface area contributed by atoms with Gasteiger partial charge in [0.2, 0.25) is 0 Å². The van der Waals surface area contributed by atoms with Crippen molar-refractivity contribution in [3.8, 4) is 6.07 Å². The maximum absolute atomic E-state index is 12.5. The van der Waals surface area contributed by atoms with Crippen LogP contribution in [0.5, 0.6) is 0 Å². The molecule has 0 saturated carbocycles. The second-order valence-electron chi connectivity index (χ2n) is 5.99. The van der Waals surface area contributed by atoms with E-state index in [1.807, 2.05) is 36.4 Å². The molecule has 134 valence electrons. The van der Waals surface area contributed by atoms with E-state index in [9.17, 15) is 9.59 Å². The van der Waals surface area contributed by atoms with Crippen molar-refractivity contribution in [3.05, 3.63) is 81.9 Å². The van der Waals surface area contributed by atoms with Gasteiger partial charge >= 0.3 is 0 Å². The van der Waals surface area contributed by atoms with Crippen molar-refractivity contribution < 1.29 is 9.59 Å². The van der Waals surface area contributed by atoms with Gasteiger partial charge in [0, 0.05) is 12.0 Å². The van der Waals surface area contributed by atoms with Gasteiger partial charge in [0.15, 0.2) is 10.9 Å². The zero-order valence-electron chi connectivity index (χ0n) is 14.7. The van der Waals surface area contributed by atoms with Crippen LogP contribution in [0.25, 0.3) is 0 Å². The first kappa shape index (κ1) is 18.5. The van der Waals surface area contributed by atoms with Crippen LogP contribution in [0, 0.1) is 18.3 Å². The van der Waals surface area contributed by atoms with Crippen molar-refractivity contribution in [1.82, 2.24) is 4.98 Å². The van der Waals surface area contributed by atoms with E-state index >= 15 is 0 Å². The second-order valence-corrected chi connectivity index (χ2v) is 6.99. The third-order valence-electron chi connectivity index (χ3n) is 4.01. The number of Topliss-reactive ketones (excluding diaryl/α,β-unsaturated/α-hetero) is 1. The molecule has 0 fully saturated rings. The summed E-state index contributed by atoms with van der Waals surface area (Å²) in [5.74, 6) is -0.343. The van der Waals surface area contributed by atoms with Crippen LogP contribution < -0.4 is 5.32 Å². The van der Waals surface area contributed by atoms with E-state index < -0.39 is 0 Å². The topological polar surface area (TPSA) is 82.8 Å². The molecule has 1 amide bonds. The average Bonchev–Trinajstić information content (AvgIpc) is 3.07. The molecule has 3 rings (SSSR count). The van der Waals surface area contributed by atoms with Gasteiger partial charge in [0.25, 0.3) is 5.91 Å². The molecule has 3 aromatic rings. The van der Waals surface area contributed by atoms with Crippen molar-refractivity contribution in [2.75, 3.05) is 5.32 Å². The largest absolute Gasteiger partial charge is 0.298 e. The third kappa shape index (κ3) is 4.66. The number of carbonyl (C=O) groups excluding carboxylic acids is 2. The number of hydrogen-bond acceptors (Lipinski definition) is 5. The summed E-state index contributed by atoms with van der Waals surface area (Å²) < 4.78 is 0. The summed E-state index contributed by atoms with van der Waals surface area (Å²) >= 11 is 1.18.